The monoisotopic (exact) mass is 379 g/mol. The standard InChI is InChI=1S/C21H25N5O2/c1-25(2)14-17-12-15-6-7-22-21(27)19(15)20(24-17)23-16-4-3-5-18(13-16)26-8-10-28-11-9-26/h3-7,12-13H,8-11,14H2,1-2H3,(H,22,27)(H,23,24). The molecule has 0 saturated carbocycles. The maximum absolute atomic E-state index is 12.5. The predicted molar refractivity (Wildman–Crippen MR) is 113 cm³/mol. The van der Waals surface area contributed by atoms with E-state index in [1.165, 1.54) is 0 Å². The number of ether oxygens (including phenoxy) is 1. The van der Waals surface area contributed by atoms with E-state index in [2.05, 4.69) is 32.2 Å². The molecule has 7 nitrogen and oxygen atoms in total. The zero-order chi connectivity index (χ0) is 19.5. The van der Waals surface area contributed by atoms with E-state index in [4.69, 9.17) is 9.72 Å². The fraction of sp³-hybridized carbons (Fsp3) is 0.333. The normalized spacial score (nSPS) is 14.6. The van der Waals surface area contributed by atoms with E-state index in [1.807, 2.05) is 38.4 Å². The molecule has 2 aromatic heterocycles. The van der Waals surface area contributed by atoms with E-state index in [9.17, 15) is 4.79 Å². The van der Waals surface area contributed by atoms with Gasteiger partial charge in [0.1, 0.15) is 5.82 Å². The van der Waals surface area contributed by atoms with Crippen LogP contribution in [-0.2, 0) is 11.3 Å². The van der Waals surface area contributed by atoms with Crippen molar-refractivity contribution in [2.24, 2.45) is 0 Å². The molecule has 0 bridgehead atoms. The number of nitrogens with one attached hydrogen (secondary N) is 2. The number of H-pyrrole nitrogens is 1. The van der Waals surface area contributed by atoms with E-state index in [0.717, 1.165) is 48.8 Å². The van der Waals surface area contributed by atoms with Gasteiger partial charge in [-0.05, 0) is 49.8 Å². The number of fused-ring (bicyclic) bond motifs is 1. The van der Waals surface area contributed by atoms with Crippen molar-refractivity contribution in [3.63, 3.8) is 0 Å². The third-order valence-electron chi connectivity index (χ3n) is 4.77. The lowest BCUT2D eigenvalue weighted by atomic mass is 10.1. The molecule has 0 amide bonds. The molecule has 1 aliphatic rings. The van der Waals surface area contributed by atoms with Crippen LogP contribution in [0.2, 0.25) is 0 Å². The second kappa shape index (κ2) is 8.00. The third-order valence-corrected chi connectivity index (χ3v) is 4.77. The second-order valence-electron chi connectivity index (χ2n) is 7.25. The highest BCUT2D eigenvalue weighted by Crippen LogP contribution is 2.26. The van der Waals surface area contributed by atoms with Gasteiger partial charge in [0.25, 0.3) is 5.56 Å². The first kappa shape index (κ1) is 18.5. The molecule has 1 fully saturated rings. The minimum atomic E-state index is -0.145. The van der Waals surface area contributed by atoms with Crippen molar-refractivity contribution in [1.29, 1.82) is 0 Å². The third kappa shape index (κ3) is 4.00. The number of aromatic nitrogens is 2. The molecule has 7 heteroatoms. The van der Waals surface area contributed by atoms with Crippen LogP contribution >= 0.6 is 0 Å². The molecule has 0 radical (unpaired) electrons. The van der Waals surface area contributed by atoms with Gasteiger partial charge in [-0.15, -0.1) is 0 Å². The summed E-state index contributed by atoms with van der Waals surface area (Å²) < 4.78 is 5.44. The fourth-order valence-corrected chi connectivity index (χ4v) is 3.50. The molecule has 146 valence electrons. The minimum absolute atomic E-state index is 0.145. The number of hydrogen-bond acceptors (Lipinski definition) is 6. The molecule has 1 aliphatic heterocycles. The Morgan fingerprint density at radius 3 is 2.82 bits per heavy atom. The number of nitrogens with zero attached hydrogens (tertiary/aromatic N) is 3. The molecule has 2 N–H and O–H groups in total. The number of morpholine rings is 1. The molecule has 0 atom stereocenters. The Hall–Kier alpha value is -2.90. The van der Waals surface area contributed by atoms with Crippen molar-refractivity contribution < 1.29 is 4.74 Å². The molecule has 0 spiro atoms. The lowest BCUT2D eigenvalue weighted by molar-refractivity contribution is 0.122. The largest absolute Gasteiger partial charge is 0.378 e. The van der Waals surface area contributed by atoms with Gasteiger partial charge in [0.15, 0.2) is 0 Å². The molecule has 3 heterocycles. The van der Waals surface area contributed by atoms with Crippen molar-refractivity contribution in [2.75, 3.05) is 50.6 Å². The summed E-state index contributed by atoms with van der Waals surface area (Å²) in [5.41, 5.74) is 2.81. The maximum atomic E-state index is 12.5. The van der Waals surface area contributed by atoms with Gasteiger partial charge < -0.3 is 24.8 Å². The van der Waals surface area contributed by atoms with Gasteiger partial charge in [-0.2, -0.15) is 0 Å². The lowest BCUT2D eigenvalue weighted by Gasteiger charge is -2.29. The average molecular weight is 379 g/mol. The average Bonchev–Trinajstić information content (AvgIpc) is 2.68. The van der Waals surface area contributed by atoms with Gasteiger partial charge in [0, 0.05) is 37.2 Å². The Balaban J connectivity index is 1.71. The predicted octanol–water partition coefficient (Wildman–Crippen LogP) is 2.56. The maximum Gasteiger partial charge on any atom is 0.259 e. The molecule has 0 aliphatic carbocycles. The van der Waals surface area contributed by atoms with E-state index in [1.54, 1.807) is 6.20 Å². The summed E-state index contributed by atoms with van der Waals surface area (Å²) in [5.74, 6) is 0.579. The Labute approximate surface area is 164 Å². The highest BCUT2D eigenvalue weighted by atomic mass is 16.5. The summed E-state index contributed by atoms with van der Waals surface area (Å²) in [6, 6.07) is 12.1. The summed E-state index contributed by atoms with van der Waals surface area (Å²) in [6.07, 6.45) is 1.67. The van der Waals surface area contributed by atoms with Gasteiger partial charge in [-0.25, -0.2) is 4.98 Å². The molecular formula is C21H25N5O2. The lowest BCUT2D eigenvalue weighted by Crippen LogP contribution is -2.36. The van der Waals surface area contributed by atoms with Crippen LogP contribution in [-0.4, -0.2) is 55.3 Å². The van der Waals surface area contributed by atoms with Crippen LogP contribution in [0.25, 0.3) is 10.8 Å². The summed E-state index contributed by atoms with van der Waals surface area (Å²) >= 11 is 0. The van der Waals surface area contributed by atoms with Crippen LogP contribution < -0.4 is 15.8 Å². The van der Waals surface area contributed by atoms with Crippen molar-refractivity contribution >= 4 is 28.0 Å². The van der Waals surface area contributed by atoms with E-state index < -0.39 is 0 Å². The molecule has 4 rings (SSSR count). The molecule has 1 saturated heterocycles. The molecule has 28 heavy (non-hydrogen) atoms. The molecule has 0 unspecified atom stereocenters. The number of benzene rings is 1. The van der Waals surface area contributed by atoms with Gasteiger partial charge in [0.05, 0.1) is 24.3 Å². The number of hydrogen-bond donors (Lipinski definition) is 2. The summed E-state index contributed by atoms with van der Waals surface area (Å²) in [6.45, 7) is 3.94. The molecule has 3 aromatic rings. The first-order valence-electron chi connectivity index (χ1n) is 9.46. The highest BCUT2D eigenvalue weighted by molar-refractivity contribution is 5.93. The Morgan fingerprint density at radius 2 is 2.04 bits per heavy atom. The van der Waals surface area contributed by atoms with E-state index in [-0.39, 0.29) is 5.56 Å². The van der Waals surface area contributed by atoms with Crippen LogP contribution in [0.4, 0.5) is 17.2 Å². The van der Waals surface area contributed by atoms with Crippen molar-refractivity contribution in [3.8, 4) is 0 Å². The highest BCUT2D eigenvalue weighted by Gasteiger charge is 2.13. The molecular weight excluding hydrogens is 354 g/mol. The van der Waals surface area contributed by atoms with Gasteiger partial charge in [-0.3, -0.25) is 4.79 Å². The van der Waals surface area contributed by atoms with Gasteiger partial charge in [-0.1, -0.05) is 6.07 Å². The Kier molecular flexibility index (Phi) is 5.27. The fourth-order valence-electron chi connectivity index (χ4n) is 3.50. The smallest absolute Gasteiger partial charge is 0.259 e. The van der Waals surface area contributed by atoms with Crippen LogP contribution in [0, 0.1) is 0 Å². The van der Waals surface area contributed by atoms with Gasteiger partial charge in [0.2, 0.25) is 0 Å². The van der Waals surface area contributed by atoms with Crippen LogP contribution in [0.3, 0.4) is 0 Å². The van der Waals surface area contributed by atoms with Crippen LogP contribution in [0.1, 0.15) is 5.69 Å². The van der Waals surface area contributed by atoms with Crippen molar-refractivity contribution in [2.45, 2.75) is 6.54 Å². The summed E-state index contributed by atoms with van der Waals surface area (Å²) in [5, 5.41) is 4.82. The zero-order valence-electron chi connectivity index (χ0n) is 16.2. The zero-order valence-corrected chi connectivity index (χ0v) is 16.2. The SMILES string of the molecule is CN(C)Cc1cc2cc[nH]c(=O)c2c(Nc2cccc(N3CCOCC3)c2)n1. The van der Waals surface area contributed by atoms with E-state index in [0.29, 0.717) is 17.7 Å². The Morgan fingerprint density at radius 1 is 1.21 bits per heavy atom. The Bertz CT molecular complexity index is 1020. The van der Waals surface area contributed by atoms with Crippen molar-refractivity contribution in [1.82, 2.24) is 14.9 Å². The van der Waals surface area contributed by atoms with Crippen molar-refractivity contribution in [3.05, 3.63) is 58.6 Å². The summed E-state index contributed by atoms with van der Waals surface area (Å²) in [4.78, 5) is 24.3. The van der Waals surface area contributed by atoms with Crippen LogP contribution in [0.5, 0.6) is 0 Å². The number of aromatic amines is 1. The first-order valence-corrected chi connectivity index (χ1v) is 9.46. The first-order chi connectivity index (χ1) is 13.6. The second-order valence-corrected chi connectivity index (χ2v) is 7.25. The van der Waals surface area contributed by atoms with E-state index >= 15 is 0 Å². The number of anilines is 3. The number of rotatable bonds is 5. The topological polar surface area (TPSA) is 73.5 Å². The summed E-state index contributed by atoms with van der Waals surface area (Å²) in [7, 11) is 4.01. The van der Waals surface area contributed by atoms with Gasteiger partial charge >= 0.3 is 0 Å². The van der Waals surface area contributed by atoms with Crippen LogP contribution in [0.15, 0.2) is 47.4 Å². The minimum Gasteiger partial charge on any atom is -0.378 e. The number of pyridine rings is 2. The quantitative estimate of drug-likeness (QED) is 0.710. The molecule has 1 aromatic carbocycles.